The highest BCUT2D eigenvalue weighted by Gasteiger charge is 2.21. The third kappa shape index (κ3) is 4.34. The van der Waals surface area contributed by atoms with Gasteiger partial charge in [0.25, 0.3) is 0 Å². The van der Waals surface area contributed by atoms with Crippen LogP contribution in [0.1, 0.15) is 20.8 Å². The fraction of sp³-hybridized carbons (Fsp3) is 0.750. The van der Waals surface area contributed by atoms with Gasteiger partial charge in [0.2, 0.25) is 0 Å². The van der Waals surface area contributed by atoms with Crippen molar-refractivity contribution >= 4 is 23.4 Å². The predicted octanol–water partition coefficient (Wildman–Crippen LogP) is 1.38. The topological polar surface area (TPSA) is 43.4 Å². The Hall–Kier alpha value is -0.570. The van der Waals surface area contributed by atoms with Gasteiger partial charge in [0.15, 0.2) is 11.2 Å². The molecule has 0 spiro atoms. The summed E-state index contributed by atoms with van der Waals surface area (Å²) in [4.78, 5) is 21.5. The van der Waals surface area contributed by atoms with E-state index in [-0.39, 0.29) is 11.7 Å². The standard InChI is InChI=1S/C8H13ClO3/c1-5(2)4-12-8(11)7(9)6(3)10/h5,7H,4H2,1-3H3. The van der Waals surface area contributed by atoms with Crippen LogP contribution in [-0.2, 0) is 14.3 Å². The summed E-state index contributed by atoms with van der Waals surface area (Å²) in [6.07, 6.45) is 0. The molecule has 1 atom stereocenters. The second-order valence-electron chi connectivity index (χ2n) is 3.00. The molecule has 0 aliphatic rings. The highest BCUT2D eigenvalue weighted by molar-refractivity contribution is 6.40. The molecule has 0 radical (unpaired) electrons. The molecule has 0 N–H and O–H groups in total. The van der Waals surface area contributed by atoms with E-state index in [1.165, 1.54) is 6.92 Å². The molecule has 0 saturated heterocycles. The number of rotatable bonds is 4. The average molecular weight is 193 g/mol. The maximum atomic E-state index is 10.9. The summed E-state index contributed by atoms with van der Waals surface area (Å²) in [5.41, 5.74) is 0. The molecule has 12 heavy (non-hydrogen) atoms. The first kappa shape index (κ1) is 11.4. The zero-order chi connectivity index (χ0) is 9.72. The number of Topliss-reactive ketones (excluding diaryl/α,β-unsaturated/α-hetero) is 1. The summed E-state index contributed by atoms with van der Waals surface area (Å²) >= 11 is 5.43. The molecule has 70 valence electrons. The van der Waals surface area contributed by atoms with E-state index < -0.39 is 11.3 Å². The van der Waals surface area contributed by atoms with Crippen molar-refractivity contribution in [3.05, 3.63) is 0 Å². The Kier molecular flexibility index (Phi) is 4.90. The van der Waals surface area contributed by atoms with Crippen molar-refractivity contribution in [2.75, 3.05) is 6.61 Å². The van der Waals surface area contributed by atoms with Crippen molar-refractivity contribution in [2.45, 2.75) is 26.1 Å². The minimum absolute atomic E-state index is 0.254. The van der Waals surface area contributed by atoms with Crippen molar-refractivity contribution in [1.82, 2.24) is 0 Å². The molecular formula is C8H13ClO3. The van der Waals surface area contributed by atoms with E-state index in [4.69, 9.17) is 16.3 Å². The van der Waals surface area contributed by atoms with Gasteiger partial charge in [0, 0.05) is 0 Å². The number of ketones is 1. The monoisotopic (exact) mass is 192 g/mol. The van der Waals surface area contributed by atoms with E-state index in [1.807, 2.05) is 13.8 Å². The van der Waals surface area contributed by atoms with Crippen molar-refractivity contribution in [2.24, 2.45) is 5.92 Å². The smallest absolute Gasteiger partial charge is 0.331 e. The molecule has 0 aromatic rings. The van der Waals surface area contributed by atoms with E-state index in [0.29, 0.717) is 6.61 Å². The lowest BCUT2D eigenvalue weighted by Gasteiger charge is -2.08. The summed E-state index contributed by atoms with van der Waals surface area (Å²) in [7, 11) is 0. The third-order valence-electron chi connectivity index (χ3n) is 1.12. The van der Waals surface area contributed by atoms with Gasteiger partial charge in [-0.25, -0.2) is 4.79 Å². The van der Waals surface area contributed by atoms with Gasteiger partial charge >= 0.3 is 5.97 Å². The molecule has 0 fully saturated rings. The van der Waals surface area contributed by atoms with Gasteiger partial charge in [0.1, 0.15) is 0 Å². The second kappa shape index (κ2) is 5.14. The van der Waals surface area contributed by atoms with Crippen molar-refractivity contribution in [3.8, 4) is 0 Å². The van der Waals surface area contributed by atoms with Crippen LogP contribution in [-0.4, -0.2) is 23.7 Å². The Balaban J connectivity index is 3.80. The summed E-state index contributed by atoms with van der Waals surface area (Å²) in [6, 6.07) is 0. The molecule has 4 heteroatoms. The Morgan fingerprint density at radius 2 is 1.92 bits per heavy atom. The second-order valence-corrected chi connectivity index (χ2v) is 3.43. The normalized spacial score (nSPS) is 12.8. The number of halogens is 1. The van der Waals surface area contributed by atoms with Gasteiger partial charge < -0.3 is 4.74 Å². The van der Waals surface area contributed by atoms with Crippen molar-refractivity contribution < 1.29 is 14.3 Å². The van der Waals surface area contributed by atoms with Crippen LogP contribution in [0.25, 0.3) is 0 Å². The number of esters is 1. The van der Waals surface area contributed by atoms with E-state index in [9.17, 15) is 9.59 Å². The highest BCUT2D eigenvalue weighted by atomic mass is 35.5. The molecule has 0 saturated carbocycles. The van der Waals surface area contributed by atoms with E-state index in [1.54, 1.807) is 0 Å². The summed E-state index contributed by atoms with van der Waals surface area (Å²) in [5.74, 6) is -0.784. The van der Waals surface area contributed by atoms with Crippen LogP contribution in [0.3, 0.4) is 0 Å². The van der Waals surface area contributed by atoms with Gasteiger partial charge in [-0.3, -0.25) is 4.79 Å². The van der Waals surface area contributed by atoms with E-state index in [2.05, 4.69) is 0 Å². The van der Waals surface area contributed by atoms with Gasteiger partial charge in [-0.15, -0.1) is 11.6 Å². The molecule has 0 bridgehead atoms. The lowest BCUT2D eigenvalue weighted by atomic mass is 10.2. The van der Waals surface area contributed by atoms with Gasteiger partial charge in [-0.1, -0.05) is 13.8 Å². The number of carbonyl (C=O) groups excluding carboxylic acids is 2. The van der Waals surface area contributed by atoms with Crippen LogP contribution in [0.4, 0.5) is 0 Å². The minimum atomic E-state index is -1.15. The number of alkyl halides is 1. The largest absolute Gasteiger partial charge is 0.464 e. The molecular weight excluding hydrogens is 180 g/mol. The van der Waals surface area contributed by atoms with Crippen LogP contribution in [0.15, 0.2) is 0 Å². The molecule has 0 rings (SSSR count). The van der Waals surface area contributed by atoms with E-state index in [0.717, 1.165) is 0 Å². The van der Waals surface area contributed by atoms with Gasteiger partial charge in [-0.05, 0) is 12.8 Å². The first-order valence-corrected chi connectivity index (χ1v) is 4.20. The molecule has 0 aliphatic heterocycles. The molecule has 0 amide bonds. The molecule has 0 aliphatic carbocycles. The minimum Gasteiger partial charge on any atom is -0.464 e. The predicted molar refractivity (Wildman–Crippen MR) is 46.1 cm³/mol. The maximum Gasteiger partial charge on any atom is 0.331 e. The van der Waals surface area contributed by atoms with Crippen molar-refractivity contribution in [1.29, 1.82) is 0 Å². The summed E-state index contributed by atoms with van der Waals surface area (Å²) in [6.45, 7) is 5.37. The third-order valence-corrected chi connectivity index (χ3v) is 1.61. The zero-order valence-corrected chi connectivity index (χ0v) is 8.22. The Morgan fingerprint density at radius 1 is 1.42 bits per heavy atom. The molecule has 1 unspecified atom stereocenters. The Bertz CT molecular complexity index is 177. The average Bonchev–Trinajstić information content (AvgIpc) is 1.98. The Labute approximate surface area is 77.0 Å². The fourth-order valence-electron chi connectivity index (χ4n) is 0.488. The Morgan fingerprint density at radius 3 is 2.25 bits per heavy atom. The lowest BCUT2D eigenvalue weighted by molar-refractivity contribution is -0.146. The van der Waals surface area contributed by atoms with Gasteiger partial charge in [-0.2, -0.15) is 0 Å². The fourth-order valence-corrected chi connectivity index (χ4v) is 0.551. The number of carbonyl (C=O) groups is 2. The van der Waals surface area contributed by atoms with Crippen LogP contribution in [0.5, 0.6) is 0 Å². The maximum absolute atomic E-state index is 10.9. The molecule has 0 aromatic carbocycles. The summed E-state index contributed by atoms with van der Waals surface area (Å²) < 4.78 is 4.73. The van der Waals surface area contributed by atoms with Gasteiger partial charge in [0.05, 0.1) is 6.61 Å². The number of hydrogen-bond acceptors (Lipinski definition) is 3. The lowest BCUT2D eigenvalue weighted by Crippen LogP contribution is -2.25. The van der Waals surface area contributed by atoms with E-state index >= 15 is 0 Å². The molecule has 3 nitrogen and oxygen atoms in total. The molecule has 0 aromatic heterocycles. The van der Waals surface area contributed by atoms with Crippen LogP contribution >= 0.6 is 11.6 Å². The first-order chi connectivity index (χ1) is 5.45. The van der Waals surface area contributed by atoms with Crippen LogP contribution in [0.2, 0.25) is 0 Å². The first-order valence-electron chi connectivity index (χ1n) is 3.76. The zero-order valence-electron chi connectivity index (χ0n) is 7.46. The summed E-state index contributed by atoms with van der Waals surface area (Å²) in [5, 5.41) is -1.15. The SMILES string of the molecule is CC(=O)C(Cl)C(=O)OCC(C)C. The van der Waals surface area contributed by atoms with Crippen LogP contribution in [0, 0.1) is 5.92 Å². The number of hydrogen-bond donors (Lipinski definition) is 0. The molecule has 0 heterocycles. The highest BCUT2D eigenvalue weighted by Crippen LogP contribution is 2.02. The number of ether oxygens (including phenoxy) is 1. The van der Waals surface area contributed by atoms with Crippen molar-refractivity contribution in [3.63, 3.8) is 0 Å². The quantitative estimate of drug-likeness (QED) is 0.384. The van der Waals surface area contributed by atoms with Crippen LogP contribution < -0.4 is 0 Å².